The molecule has 0 spiro atoms. The van der Waals surface area contributed by atoms with E-state index in [1.54, 1.807) is 19.1 Å². The lowest BCUT2D eigenvalue weighted by atomic mass is 10.1. The molecule has 0 heterocycles. The summed E-state index contributed by atoms with van der Waals surface area (Å²) in [6.07, 6.45) is 4.01. The Bertz CT molecular complexity index is 598. The van der Waals surface area contributed by atoms with Crippen molar-refractivity contribution in [1.29, 1.82) is 0 Å². The largest absolute Gasteiger partial charge is 0.462 e. The number of thioether (sulfide) groups is 1. The Balaban J connectivity index is 2.86. The number of nitro groups is 1. The second-order valence-corrected chi connectivity index (χ2v) is 5.55. The van der Waals surface area contributed by atoms with Gasteiger partial charge >= 0.3 is 5.97 Å². The van der Waals surface area contributed by atoms with Crippen molar-refractivity contribution in [3.8, 4) is 0 Å². The molecule has 0 aromatic heterocycles. The van der Waals surface area contributed by atoms with Gasteiger partial charge in [0.05, 0.1) is 22.7 Å². The third-order valence-electron chi connectivity index (χ3n) is 2.63. The SMILES string of the molecule is CCOC(=O)c1ccc(C=CCCSC(C)=O)c([N+](=O)[O-])c1. The van der Waals surface area contributed by atoms with Crippen molar-refractivity contribution in [2.24, 2.45) is 0 Å². The molecular formula is C15H17NO5S. The third-order valence-corrected chi connectivity index (χ3v) is 3.47. The van der Waals surface area contributed by atoms with Crippen molar-refractivity contribution < 1.29 is 19.2 Å². The van der Waals surface area contributed by atoms with Gasteiger partial charge in [-0.05, 0) is 25.5 Å². The van der Waals surface area contributed by atoms with Crippen molar-refractivity contribution in [3.63, 3.8) is 0 Å². The highest BCUT2D eigenvalue weighted by molar-refractivity contribution is 8.13. The van der Waals surface area contributed by atoms with Gasteiger partial charge in [-0.3, -0.25) is 14.9 Å². The van der Waals surface area contributed by atoms with Crippen molar-refractivity contribution >= 4 is 34.6 Å². The first-order chi connectivity index (χ1) is 10.5. The van der Waals surface area contributed by atoms with Crippen molar-refractivity contribution in [3.05, 3.63) is 45.5 Å². The molecular weight excluding hydrogens is 306 g/mol. The van der Waals surface area contributed by atoms with E-state index in [0.717, 1.165) is 0 Å². The molecule has 6 nitrogen and oxygen atoms in total. The zero-order valence-corrected chi connectivity index (χ0v) is 13.2. The van der Waals surface area contributed by atoms with E-state index in [4.69, 9.17) is 4.74 Å². The highest BCUT2D eigenvalue weighted by atomic mass is 32.2. The first kappa shape index (κ1) is 17.9. The predicted octanol–water partition coefficient (Wildman–Crippen LogP) is 3.45. The average molecular weight is 323 g/mol. The number of benzene rings is 1. The second-order valence-electron chi connectivity index (χ2n) is 4.28. The zero-order valence-electron chi connectivity index (χ0n) is 12.4. The van der Waals surface area contributed by atoms with Crippen LogP contribution in [0, 0.1) is 10.1 Å². The lowest BCUT2D eigenvalue weighted by molar-refractivity contribution is -0.385. The Morgan fingerprint density at radius 1 is 1.41 bits per heavy atom. The highest BCUT2D eigenvalue weighted by Crippen LogP contribution is 2.22. The van der Waals surface area contributed by atoms with Crippen LogP contribution in [0.2, 0.25) is 0 Å². The van der Waals surface area contributed by atoms with Crippen LogP contribution in [0.5, 0.6) is 0 Å². The predicted molar refractivity (Wildman–Crippen MR) is 85.8 cm³/mol. The number of nitrogens with zero attached hydrogens (tertiary/aromatic N) is 1. The minimum Gasteiger partial charge on any atom is -0.462 e. The number of carbonyl (C=O) groups excluding carboxylic acids is 2. The summed E-state index contributed by atoms with van der Waals surface area (Å²) in [5, 5.41) is 11.1. The van der Waals surface area contributed by atoms with Crippen LogP contribution in [0.15, 0.2) is 24.3 Å². The molecule has 0 N–H and O–H groups in total. The molecule has 0 amide bonds. The maximum absolute atomic E-state index is 11.6. The zero-order chi connectivity index (χ0) is 16.5. The minimum atomic E-state index is -0.584. The van der Waals surface area contributed by atoms with E-state index in [-0.39, 0.29) is 23.0 Å². The summed E-state index contributed by atoms with van der Waals surface area (Å²) >= 11 is 1.20. The van der Waals surface area contributed by atoms with Gasteiger partial charge in [0.2, 0.25) is 0 Å². The van der Waals surface area contributed by atoms with Gasteiger partial charge in [-0.25, -0.2) is 4.79 Å². The minimum absolute atomic E-state index is 0.0400. The lowest BCUT2D eigenvalue weighted by Crippen LogP contribution is -2.05. The molecule has 0 aliphatic rings. The number of rotatable bonds is 7. The maximum atomic E-state index is 11.6. The lowest BCUT2D eigenvalue weighted by Gasteiger charge is -2.03. The number of nitro benzene ring substituents is 1. The molecule has 0 atom stereocenters. The molecule has 0 saturated carbocycles. The number of ether oxygens (including phenoxy) is 1. The normalized spacial score (nSPS) is 10.6. The maximum Gasteiger partial charge on any atom is 0.338 e. The van der Waals surface area contributed by atoms with Gasteiger partial charge in [-0.15, -0.1) is 0 Å². The number of allylic oxidation sites excluding steroid dienone is 1. The Morgan fingerprint density at radius 2 is 2.14 bits per heavy atom. The third kappa shape index (κ3) is 5.69. The first-order valence-electron chi connectivity index (χ1n) is 6.71. The van der Waals surface area contributed by atoms with Gasteiger partial charge in [-0.2, -0.15) is 0 Å². The monoisotopic (exact) mass is 323 g/mol. The van der Waals surface area contributed by atoms with Crippen LogP contribution in [0.4, 0.5) is 5.69 Å². The number of hydrogen-bond donors (Lipinski definition) is 0. The standard InChI is InChI=1S/C15H17NO5S/c1-3-21-15(18)13-8-7-12(14(10-13)16(19)20)6-4-5-9-22-11(2)17/h4,6-8,10H,3,5,9H2,1-2H3. The molecule has 7 heteroatoms. The molecule has 0 unspecified atom stereocenters. The quantitative estimate of drug-likeness (QED) is 0.330. The fourth-order valence-electron chi connectivity index (χ4n) is 1.67. The topological polar surface area (TPSA) is 86.5 Å². The van der Waals surface area contributed by atoms with Crippen LogP contribution < -0.4 is 0 Å². The summed E-state index contributed by atoms with van der Waals surface area (Å²) < 4.78 is 4.82. The number of carbonyl (C=O) groups is 2. The summed E-state index contributed by atoms with van der Waals surface area (Å²) in [7, 11) is 0. The summed E-state index contributed by atoms with van der Waals surface area (Å²) in [6.45, 7) is 3.37. The molecule has 0 fully saturated rings. The molecule has 0 bridgehead atoms. The van der Waals surface area contributed by atoms with Gasteiger partial charge in [0, 0.05) is 18.7 Å². The van der Waals surface area contributed by atoms with Gasteiger partial charge in [0.25, 0.3) is 5.69 Å². The van der Waals surface area contributed by atoms with Crippen LogP contribution in [-0.4, -0.2) is 28.4 Å². The molecule has 0 aliphatic carbocycles. The van der Waals surface area contributed by atoms with Crippen LogP contribution >= 0.6 is 11.8 Å². The number of esters is 1. The Kier molecular flexibility index (Phi) is 7.31. The van der Waals surface area contributed by atoms with E-state index in [9.17, 15) is 19.7 Å². The van der Waals surface area contributed by atoms with Crippen LogP contribution in [0.3, 0.4) is 0 Å². The molecule has 1 aromatic rings. The molecule has 0 aliphatic heterocycles. The summed E-state index contributed by atoms with van der Waals surface area (Å²) in [6, 6.07) is 4.22. The second kappa shape index (κ2) is 8.99. The van der Waals surface area contributed by atoms with Gasteiger partial charge in [0.1, 0.15) is 0 Å². The van der Waals surface area contributed by atoms with E-state index in [0.29, 0.717) is 17.7 Å². The number of hydrogen-bond acceptors (Lipinski definition) is 6. The van der Waals surface area contributed by atoms with E-state index in [1.165, 1.54) is 36.9 Å². The van der Waals surface area contributed by atoms with Gasteiger partial charge in [0.15, 0.2) is 5.12 Å². The molecule has 1 aromatic carbocycles. The van der Waals surface area contributed by atoms with Crippen LogP contribution in [-0.2, 0) is 9.53 Å². The Morgan fingerprint density at radius 3 is 2.73 bits per heavy atom. The van der Waals surface area contributed by atoms with Gasteiger partial charge < -0.3 is 4.74 Å². The van der Waals surface area contributed by atoms with E-state index < -0.39 is 10.9 Å². The van der Waals surface area contributed by atoms with Crippen molar-refractivity contribution in [1.82, 2.24) is 0 Å². The molecule has 22 heavy (non-hydrogen) atoms. The summed E-state index contributed by atoms with van der Waals surface area (Å²) in [5.74, 6) is 0.0413. The molecule has 118 valence electrons. The molecule has 1 rings (SSSR count). The first-order valence-corrected chi connectivity index (χ1v) is 7.69. The smallest absolute Gasteiger partial charge is 0.338 e. The Hall–Kier alpha value is -2.15. The van der Waals surface area contributed by atoms with Crippen LogP contribution in [0.25, 0.3) is 6.08 Å². The van der Waals surface area contributed by atoms with Crippen molar-refractivity contribution in [2.45, 2.75) is 20.3 Å². The Labute approximate surface area is 132 Å². The summed E-state index contributed by atoms with van der Waals surface area (Å²) in [5.41, 5.74) is 0.407. The fraction of sp³-hybridized carbons (Fsp3) is 0.333. The summed E-state index contributed by atoms with van der Waals surface area (Å²) in [4.78, 5) is 32.9. The van der Waals surface area contributed by atoms with Crippen molar-refractivity contribution in [2.75, 3.05) is 12.4 Å². The van der Waals surface area contributed by atoms with E-state index in [1.807, 2.05) is 0 Å². The average Bonchev–Trinajstić information content (AvgIpc) is 2.46. The van der Waals surface area contributed by atoms with E-state index >= 15 is 0 Å². The van der Waals surface area contributed by atoms with Crippen LogP contribution in [0.1, 0.15) is 36.2 Å². The molecule has 0 saturated heterocycles. The van der Waals surface area contributed by atoms with Gasteiger partial charge in [-0.1, -0.05) is 23.9 Å². The fourth-order valence-corrected chi connectivity index (χ4v) is 2.21. The molecule has 0 radical (unpaired) electrons. The highest BCUT2D eigenvalue weighted by Gasteiger charge is 2.16. The van der Waals surface area contributed by atoms with E-state index in [2.05, 4.69) is 0 Å².